The maximum absolute atomic E-state index is 11.6. The van der Waals surface area contributed by atoms with Crippen LogP contribution >= 0.6 is 0 Å². The fraction of sp³-hybridized carbons (Fsp3) is 0.909. The van der Waals surface area contributed by atoms with Crippen molar-refractivity contribution in [2.24, 2.45) is 11.7 Å². The van der Waals surface area contributed by atoms with E-state index in [9.17, 15) is 4.79 Å². The molecule has 1 amide bonds. The van der Waals surface area contributed by atoms with Crippen LogP contribution in [0.4, 0.5) is 0 Å². The van der Waals surface area contributed by atoms with Crippen LogP contribution in [0, 0.1) is 5.92 Å². The summed E-state index contributed by atoms with van der Waals surface area (Å²) in [6, 6.07) is 0.390. The molecule has 1 aliphatic rings. The normalized spacial score (nSPS) is 27.4. The van der Waals surface area contributed by atoms with Gasteiger partial charge in [0.2, 0.25) is 5.91 Å². The Bertz CT molecular complexity index is 194. The molecule has 0 bridgehead atoms. The van der Waals surface area contributed by atoms with Gasteiger partial charge in [0.15, 0.2) is 0 Å². The summed E-state index contributed by atoms with van der Waals surface area (Å²) in [7, 11) is 1.92. The van der Waals surface area contributed by atoms with Crippen molar-refractivity contribution in [3.05, 3.63) is 0 Å². The lowest BCUT2D eigenvalue weighted by Gasteiger charge is -2.37. The molecule has 82 valence electrons. The predicted octanol–water partition coefficient (Wildman–Crippen LogP) is 1.37. The standard InChI is InChI=1S/C11H22N2O/c1-3-11(14)13(2)10-7-5-4-6-9(10)8-12/h9-10H,3-8,12H2,1-2H3. The highest BCUT2D eigenvalue weighted by Crippen LogP contribution is 2.27. The van der Waals surface area contributed by atoms with Gasteiger partial charge in [-0.25, -0.2) is 0 Å². The molecule has 0 aromatic rings. The lowest BCUT2D eigenvalue weighted by molar-refractivity contribution is -0.133. The molecule has 0 aromatic heterocycles. The molecule has 0 heterocycles. The van der Waals surface area contributed by atoms with Gasteiger partial charge in [0.05, 0.1) is 0 Å². The zero-order chi connectivity index (χ0) is 10.6. The molecule has 2 N–H and O–H groups in total. The van der Waals surface area contributed by atoms with E-state index in [2.05, 4.69) is 0 Å². The highest BCUT2D eigenvalue weighted by atomic mass is 16.2. The van der Waals surface area contributed by atoms with Crippen LogP contribution in [0.1, 0.15) is 39.0 Å². The molecule has 0 aromatic carbocycles. The average Bonchev–Trinajstić information content (AvgIpc) is 2.26. The van der Waals surface area contributed by atoms with Crippen molar-refractivity contribution >= 4 is 5.91 Å². The Morgan fingerprint density at radius 3 is 2.64 bits per heavy atom. The van der Waals surface area contributed by atoms with E-state index in [-0.39, 0.29) is 5.91 Å². The molecule has 0 spiro atoms. The highest BCUT2D eigenvalue weighted by molar-refractivity contribution is 5.75. The fourth-order valence-electron chi connectivity index (χ4n) is 2.41. The van der Waals surface area contributed by atoms with E-state index in [1.165, 1.54) is 19.3 Å². The molecule has 2 atom stereocenters. The van der Waals surface area contributed by atoms with Crippen LogP contribution in [-0.2, 0) is 4.79 Å². The summed E-state index contributed by atoms with van der Waals surface area (Å²) in [5.74, 6) is 0.764. The predicted molar refractivity (Wildman–Crippen MR) is 57.9 cm³/mol. The molecular formula is C11H22N2O. The topological polar surface area (TPSA) is 46.3 Å². The van der Waals surface area contributed by atoms with E-state index in [0.717, 1.165) is 6.42 Å². The van der Waals surface area contributed by atoms with Gasteiger partial charge < -0.3 is 10.6 Å². The molecule has 2 unspecified atom stereocenters. The third-order valence-corrected chi connectivity index (χ3v) is 3.37. The summed E-state index contributed by atoms with van der Waals surface area (Å²) in [5, 5.41) is 0. The first kappa shape index (κ1) is 11.5. The Hall–Kier alpha value is -0.570. The van der Waals surface area contributed by atoms with Crippen molar-refractivity contribution in [3.8, 4) is 0 Å². The number of nitrogens with two attached hydrogens (primary N) is 1. The SMILES string of the molecule is CCC(=O)N(C)C1CCCCC1CN. The lowest BCUT2D eigenvalue weighted by atomic mass is 9.83. The minimum absolute atomic E-state index is 0.246. The van der Waals surface area contributed by atoms with Gasteiger partial charge in [0.1, 0.15) is 0 Å². The van der Waals surface area contributed by atoms with Crippen LogP contribution in [0.3, 0.4) is 0 Å². The van der Waals surface area contributed by atoms with E-state index in [1.54, 1.807) is 0 Å². The Kier molecular flexibility index (Phi) is 4.39. The van der Waals surface area contributed by atoms with Crippen LogP contribution in [0.15, 0.2) is 0 Å². The average molecular weight is 198 g/mol. The zero-order valence-corrected chi connectivity index (χ0v) is 9.33. The summed E-state index contributed by atoms with van der Waals surface area (Å²) < 4.78 is 0. The van der Waals surface area contributed by atoms with Gasteiger partial charge in [-0.15, -0.1) is 0 Å². The molecule has 0 radical (unpaired) electrons. The van der Waals surface area contributed by atoms with Crippen LogP contribution in [0.25, 0.3) is 0 Å². The lowest BCUT2D eigenvalue weighted by Crippen LogP contribution is -2.45. The second-order valence-corrected chi connectivity index (χ2v) is 4.21. The third kappa shape index (κ3) is 2.47. The number of amides is 1. The van der Waals surface area contributed by atoms with Gasteiger partial charge in [-0.1, -0.05) is 19.8 Å². The van der Waals surface area contributed by atoms with E-state index in [4.69, 9.17) is 5.73 Å². The highest BCUT2D eigenvalue weighted by Gasteiger charge is 2.28. The Labute approximate surface area is 86.6 Å². The van der Waals surface area contributed by atoms with Gasteiger partial charge in [-0.2, -0.15) is 0 Å². The fourth-order valence-corrected chi connectivity index (χ4v) is 2.41. The number of hydrogen-bond acceptors (Lipinski definition) is 2. The minimum atomic E-state index is 0.246. The summed E-state index contributed by atoms with van der Waals surface area (Å²) in [6.45, 7) is 2.63. The van der Waals surface area contributed by atoms with Gasteiger partial charge in [-0.05, 0) is 25.3 Å². The number of rotatable bonds is 3. The summed E-state index contributed by atoms with van der Waals surface area (Å²) in [4.78, 5) is 13.5. The largest absolute Gasteiger partial charge is 0.342 e. The molecule has 14 heavy (non-hydrogen) atoms. The first-order valence-electron chi connectivity index (χ1n) is 5.66. The van der Waals surface area contributed by atoms with Crippen LogP contribution in [0.2, 0.25) is 0 Å². The number of nitrogens with zero attached hydrogens (tertiary/aromatic N) is 1. The first-order chi connectivity index (χ1) is 6.70. The van der Waals surface area contributed by atoms with Gasteiger partial charge in [0, 0.05) is 19.5 Å². The molecule has 1 fully saturated rings. The monoisotopic (exact) mass is 198 g/mol. The van der Waals surface area contributed by atoms with E-state index < -0.39 is 0 Å². The molecule has 3 heteroatoms. The summed E-state index contributed by atoms with van der Waals surface area (Å²) >= 11 is 0. The van der Waals surface area contributed by atoms with Crippen LogP contribution < -0.4 is 5.73 Å². The summed E-state index contributed by atoms with van der Waals surface area (Å²) in [6.07, 6.45) is 5.42. The number of carbonyl (C=O) groups is 1. The van der Waals surface area contributed by atoms with E-state index in [1.807, 2.05) is 18.9 Å². The van der Waals surface area contributed by atoms with Crippen molar-refractivity contribution < 1.29 is 4.79 Å². The van der Waals surface area contributed by atoms with Crippen molar-refractivity contribution in [3.63, 3.8) is 0 Å². The molecule has 0 aliphatic heterocycles. The number of carbonyl (C=O) groups excluding carboxylic acids is 1. The maximum Gasteiger partial charge on any atom is 0.222 e. The Morgan fingerprint density at radius 2 is 2.07 bits per heavy atom. The van der Waals surface area contributed by atoms with Crippen molar-refractivity contribution in [2.75, 3.05) is 13.6 Å². The van der Waals surface area contributed by atoms with Crippen molar-refractivity contribution in [1.82, 2.24) is 4.90 Å². The van der Waals surface area contributed by atoms with E-state index in [0.29, 0.717) is 24.9 Å². The van der Waals surface area contributed by atoms with E-state index >= 15 is 0 Å². The molecule has 3 nitrogen and oxygen atoms in total. The second-order valence-electron chi connectivity index (χ2n) is 4.21. The quantitative estimate of drug-likeness (QED) is 0.744. The Balaban J connectivity index is 2.58. The number of hydrogen-bond donors (Lipinski definition) is 1. The van der Waals surface area contributed by atoms with Gasteiger partial charge in [-0.3, -0.25) is 4.79 Å². The smallest absolute Gasteiger partial charge is 0.222 e. The van der Waals surface area contributed by atoms with Gasteiger partial charge >= 0.3 is 0 Å². The zero-order valence-electron chi connectivity index (χ0n) is 9.33. The molecule has 1 aliphatic carbocycles. The Morgan fingerprint density at radius 1 is 1.43 bits per heavy atom. The molecule has 0 saturated heterocycles. The van der Waals surface area contributed by atoms with Crippen molar-refractivity contribution in [2.45, 2.75) is 45.1 Å². The third-order valence-electron chi connectivity index (χ3n) is 3.37. The van der Waals surface area contributed by atoms with Gasteiger partial charge in [0.25, 0.3) is 0 Å². The summed E-state index contributed by atoms with van der Waals surface area (Å²) in [5.41, 5.74) is 5.74. The first-order valence-corrected chi connectivity index (χ1v) is 5.66. The second kappa shape index (κ2) is 5.35. The molecule has 1 saturated carbocycles. The van der Waals surface area contributed by atoms with Crippen molar-refractivity contribution in [1.29, 1.82) is 0 Å². The minimum Gasteiger partial charge on any atom is -0.342 e. The molecular weight excluding hydrogens is 176 g/mol. The maximum atomic E-state index is 11.6. The van der Waals surface area contributed by atoms with Crippen LogP contribution in [0.5, 0.6) is 0 Å². The molecule has 1 rings (SSSR count). The van der Waals surface area contributed by atoms with Crippen LogP contribution in [-0.4, -0.2) is 30.4 Å².